The number of esters is 1. The fourth-order valence-electron chi connectivity index (χ4n) is 5.58. The maximum Gasteiger partial charge on any atom is 0.312 e. The van der Waals surface area contributed by atoms with Crippen LogP contribution in [0.4, 0.5) is 0 Å². The first kappa shape index (κ1) is 14.4. The Kier molecular flexibility index (Phi) is 3.60. The van der Waals surface area contributed by atoms with Gasteiger partial charge in [0.05, 0.1) is 5.41 Å². The van der Waals surface area contributed by atoms with E-state index in [-0.39, 0.29) is 11.4 Å². The average molecular weight is 279 g/mol. The maximum absolute atomic E-state index is 12.7. The Hall–Kier alpha value is -0.570. The standard InChI is InChI=1S/C17H29NO2/c1-4-16-8-13-7-14(9-16)11-17(10-13,12-16)15(19)20-6-5-18(2)3/h13-14H,4-12H2,1-3H3/t13-,14-,16?,17?/m0/s1. The third kappa shape index (κ3) is 2.38. The zero-order valence-electron chi connectivity index (χ0n) is 13.3. The van der Waals surface area contributed by atoms with Crippen molar-refractivity contribution in [3.05, 3.63) is 0 Å². The molecule has 3 nitrogen and oxygen atoms in total. The van der Waals surface area contributed by atoms with Crippen LogP contribution < -0.4 is 0 Å². The highest BCUT2D eigenvalue weighted by atomic mass is 16.5. The summed E-state index contributed by atoms with van der Waals surface area (Å²) in [6, 6.07) is 0. The van der Waals surface area contributed by atoms with Gasteiger partial charge in [-0.1, -0.05) is 13.3 Å². The molecule has 4 saturated carbocycles. The molecule has 0 saturated heterocycles. The Bertz CT molecular complexity index is 376. The van der Waals surface area contributed by atoms with Gasteiger partial charge in [0.1, 0.15) is 6.61 Å². The highest BCUT2D eigenvalue weighted by Gasteiger charge is 2.60. The molecule has 0 unspecified atom stereocenters. The Balaban J connectivity index is 1.70. The second kappa shape index (κ2) is 5.01. The molecule has 4 bridgehead atoms. The number of rotatable bonds is 5. The molecule has 0 aliphatic heterocycles. The van der Waals surface area contributed by atoms with Crippen molar-refractivity contribution in [3.63, 3.8) is 0 Å². The second-order valence-corrected chi connectivity index (χ2v) is 8.03. The van der Waals surface area contributed by atoms with Crippen LogP contribution in [0.2, 0.25) is 0 Å². The van der Waals surface area contributed by atoms with E-state index in [9.17, 15) is 4.79 Å². The summed E-state index contributed by atoms with van der Waals surface area (Å²) in [7, 11) is 4.04. The maximum atomic E-state index is 12.7. The molecule has 0 aromatic heterocycles. The Morgan fingerprint density at radius 2 is 1.85 bits per heavy atom. The lowest BCUT2D eigenvalue weighted by atomic mass is 9.43. The molecule has 4 fully saturated rings. The minimum Gasteiger partial charge on any atom is -0.464 e. The first-order valence-corrected chi connectivity index (χ1v) is 8.29. The number of nitrogens with zero attached hydrogens (tertiary/aromatic N) is 1. The van der Waals surface area contributed by atoms with Gasteiger partial charge in [0.2, 0.25) is 0 Å². The number of carbonyl (C=O) groups is 1. The zero-order chi connectivity index (χ0) is 14.4. The molecule has 0 spiro atoms. The number of hydrogen-bond acceptors (Lipinski definition) is 3. The van der Waals surface area contributed by atoms with Gasteiger partial charge in [-0.05, 0) is 69.9 Å². The molecule has 2 atom stereocenters. The predicted molar refractivity (Wildman–Crippen MR) is 79.4 cm³/mol. The first-order chi connectivity index (χ1) is 9.47. The molecule has 0 radical (unpaired) electrons. The molecule has 3 heteroatoms. The van der Waals surface area contributed by atoms with Crippen LogP contribution in [0.1, 0.15) is 51.9 Å². The normalized spacial score (nSPS) is 42.2. The predicted octanol–water partition coefficient (Wildman–Crippen LogP) is 3.09. The van der Waals surface area contributed by atoms with Crippen molar-refractivity contribution in [1.82, 2.24) is 4.90 Å². The van der Waals surface area contributed by atoms with Gasteiger partial charge in [-0.2, -0.15) is 0 Å². The Morgan fingerprint density at radius 1 is 1.20 bits per heavy atom. The fraction of sp³-hybridized carbons (Fsp3) is 0.941. The number of ether oxygens (including phenoxy) is 1. The highest BCUT2D eigenvalue weighted by molar-refractivity contribution is 5.77. The quantitative estimate of drug-likeness (QED) is 0.724. The van der Waals surface area contributed by atoms with Gasteiger partial charge in [0, 0.05) is 6.54 Å². The van der Waals surface area contributed by atoms with Crippen LogP contribution in [0, 0.1) is 22.7 Å². The van der Waals surface area contributed by atoms with Gasteiger partial charge in [-0.15, -0.1) is 0 Å². The van der Waals surface area contributed by atoms with Crippen molar-refractivity contribution < 1.29 is 9.53 Å². The summed E-state index contributed by atoms with van der Waals surface area (Å²) in [5.41, 5.74) is 0.344. The summed E-state index contributed by atoms with van der Waals surface area (Å²) in [6.45, 7) is 3.69. The van der Waals surface area contributed by atoms with Gasteiger partial charge in [0.15, 0.2) is 0 Å². The summed E-state index contributed by atoms with van der Waals surface area (Å²) < 4.78 is 5.65. The van der Waals surface area contributed by atoms with Gasteiger partial charge in [-0.25, -0.2) is 0 Å². The highest BCUT2D eigenvalue weighted by Crippen LogP contribution is 2.66. The van der Waals surface area contributed by atoms with Gasteiger partial charge >= 0.3 is 5.97 Å². The van der Waals surface area contributed by atoms with Crippen molar-refractivity contribution in [2.75, 3.05) is 27.2 Å². The van der Waals surface area contributed by atoms with Crippen LogP contribution in [-0.2, 0) is 9.53 Å². The molecule has 20 heavy (non-hydrogen) atoms. The summed E-state index contributed by atoms with van der Waals surface area (Å²) in [6.07, 6.45) is 8.66. The molecular weight excluding hydrogens is 250 g/mol. The van der Waals surface area contributed by atoms with E-state index >= 15 is 0 Å². The van der Waals surface area contributed by atoms with E-state index in [0.29, 0.717) is 12.0 Å². The average Bonchev–Trinajstić information content (AvgIpc) is 2.36. The van der Waals surface area contributed by atoms with Crippen LogP contribution >= 0.6 is 0 Å². The van der Waals surface area contributed by atoms with Crippen molar-refractivity contribution in [3.8, 4) is 0 Å². The molecule has 4 aliphatic rings. The van der Waals surface area contributed by atoms with E-state index in [1.54, 1.807) is 0 Å². The molecule has 4 rings (SSSR count). The third-order valence-electron chi connectivity index (χ3n) is 6.14. The molecule has 0 aromatic rings. The largest absolute Gasteiger partial charge is 0.464 e. The fourth-order valence-corrected chi connectivity index (χ4v) is 5.58. The van der Waals surface area contributed by atoms with Crippen molar-refractivity contribution >= 4 is 5.97 Å². The summed E-state index contributed by atoms with van der Waals surface area (Å²) >= 11 is 0. The first-order valence-electron chi connectivity index (χ1n) is 8.29. The lowest BCUT2D eigenvalue weighted by molar-refractivity contribution is -0.181. The van der Waals surface area contributed by atoms with E-state index in [1.807, 2.05) is 14.1 Å². The van der Waals surface area contributed by atoms with E-state index in [4.69, 9.17) is 4.74 Å². The van der Waals surface area contributed by atoms with Gasteiger partial charge in [0.25, 0.3) is 0 Å². The van der Waals surface area contributed by atoms with Crippen LogP contribution in [0.25, 0.3) is 0 Å². The van der Waals surface area contributed by atoms with Crippen LogP contribution in [0.3, 0.4) is 0 Å². The van der Waals surface area contributed by atoms with E-state index < -0.39 is 0 Å². The molecule has 0 heterocycles. The lowest BCUT2D eigenvalue weighted by Crippen LogP contribution is -2.55. The molecular formula is C17H29NO2. The van der Waals surface area contributed by atoms with Crippen molar-refractivity contribution in [2.45, 2.75) is 51.9 Å². The van der Waals surface area contributed by atoms with E-state index in [0.717, 1.165) is 37.6 Å². The topological polar surface area (TPSA) is 29.5 Å². The number of likely N-dealkylation sites (N-methyl/N-ethyl adjacent to an activating group) is 1. The minimum atomic E-state index is -0.119. The Labute approximate surface area is 123 Å². The summed E-state index contributed by atoms with van der Waals surface area (Å²) in [5.74, 6) is 1.70. The molecule has 0 aromatic carbocycles. The van der Waals surface area contributed by atoms with E-state index in [1.165, 1.54) is 25.7 Å². The van der Waals surface area contributed by atoms with Gasteiger partial charge < -0.3 is 9.64 Å². The molecule has 4 aliphatic carbocycles. The SMILES string of the molecule is CCC12C[C@@H]3C[C@@H](C1)CC(C(=O)OCCN(C)C)(C3)C2. The number of carbonyl (C=O) groups excluding carboxylic acids is 1. The lowest BCUT2D eigenvalue weighted by Gasteiger charge is -2.61. The summed E-state index contributed by atoms with van der Waals surface area (Å²) in [4.78, 5) is 14.8. The molecule has 0 N–H and O–H groups in total. The van der Waals surface area contributed by atoms with Crippen LogP contribution in [-0.4, -0.2) is 38.1 Å². The van der Waals surface area contributed by atoms with Gasteiger partial charge in [-0.3, -0.25) is 4.79 Å². The Morgan fingerprint density at radius 3 is 2.40 bits per heavy atom. The second-order valence-electron chi connectivity index (χ2n) is 8.03. The number of hydrogen-bond donors (Lipinski definition) is 0. The minimum absolute atomic E-state index is 0.117. The van der Waals surface area contributed by atoms with Crippen molar-refractivity contribution in [1.29, 1.82) is 0 Å². The van der Waals surface area contributed by atoms with Crippen LogP contribution in [0.5, 0.6) is 0 Å². The summed E-state index contributed by atoms with van der Waals surface area (Å²) in [5, 5.41) is 0. The van der Waals surface area contributed by atoms with Crippen molar-refractivity contribution in [2.24, 2.45) is 22.7 Å². The third-order valence-corrected chi connectivity index (χ3v) is 6.14. The monoisotopic (exact) mass is 279 g/mol. The molecule has 114 valence electrons. The van der Waals surface area contributed by atoms with E-state index in [2.05, 4.69) is 11.8 Å². The van der Waals surface area contributed by atoms with Crippen LogP contribution in [0.15, 0.2) is 0 Å². The molecule has 0 amide bonds. The zero-order valence-corrected chi connectivity index (χ0v) is 13.3. The smallest absolute Gasteiger partial charge is 0.312 e.